The van der Waals surface area contributed by atoms with Crippen molar-refractivity contribution >= 4 is 18.8 Å². The van der Waals surface area contributed by atoms with Crippen molar-refractivity contribution in [3.63, 3.8) is 0 Å². The third-order valence-electron chi connectivity index (χ3n) is 4.86. The van der Waals surface area contributed by atoms with Crippen LogP contribution in [0, 0.1) is 0 Å². The predicted molar refractivity (Wildman–Crippen MR) is 94.2 cm³/mol. The van der Waals surface area contributed by atoms with E-state index in [4.69, 9.17) is 0 Å². The first-order chi connectivity index (χ1) is 10.7. The molecule has 0 aromatic heterocycles. The first kappa shape index (κ1) is 24.7. The number of halogens is 3. The van der Waals surface area contributed by atoms with E-state index in [9.17, 15) is 0 Å². The molecule has 5 heteroatoms. The van der Waals surface area contributed by atoms with Gasteiger partial charge in [0, 0.05) is 0 Å². The third kappa shape index (κ3) is 4.91. The van der Waals surface area contributed by atoms with Crippen LogP contribution in [-0.2, 0) is 20.4 Å². The first-order valence-corrected chi connectivity index (χ1v) is 11.4. The van der Waals surface area contributed by atoms with Crippen LogP contribution in [0.1, 0.15) is 18.9 Å². The topological polar surface area (TPSA) is 0 Å². The number of hydrogen-bond donors (Lipinski definition) is 0. The van der Waals surface area contributed by atoms with Crippen LogP contribution in [0.25, 0.3) is 5.57 Å². The molecule has 2 aromatic rings. The Kier molecular flexibility index (Phi) is 10.6. The Morgan fingerprint density at radius 1 is 0.880 bits per heavy atom. The standard InChI is InChI=1S/C20H21Si.3ClH.Ti/c1-3-21(2,18-13-8-5-9-14-18)20-16-10-15-19(20)17-11-6-4-7-12-17;;;;/h4-9,11-14,16H,3,10H2,1-2H3;3*1H;/q;;;;+3/p-3. The molecular weight excluding hydrogens is 423 g/mol. The SMILES string of the molecule is CC[Si](C)(C1=CC[C]([Ti+3])=C1c1ccccc1)c1ccccc1.[Cl-].[Cl-].[Cl-]. The van der Waals surface area contributed by atoms with Crippen LogP contribution in [-0.4, -0.2) is 8.07 Å². The Bertz CT molecular complexity index is 729. The van der Waals surface area contributed by atoms with E-state index in [0.717, 1.165) is 6.42 Å². The molecule has 0 saturated heterocycles. The zero-order valence-corrected chi connectivity index (χ0v) is 19.2. The maximum atomic E-state index is 2.52. The molecule has 2 aromatic carbocycles. The van der Waals surface area contributed by atoms with Crippen LogP contribution in [0.5, 0.6) is 0 Å². The van der Waals surface area contributed by atoms with Gasteiger partial charge in [-0.2, -0.15) is 0 Å². The van der Waals surface area contributed by atoms with Gasteiger partial charge >= 0.3 is 147 Å². The van der Waals surface area contributed by atoms with E-state index < -0.39 is 8.07 Å². The number of benzene rings is 2. The fourth-order valence-corrected chi connectivity index (χ4v) is 7.58. The summed E-state index contributed by atoms with van der Waals surface area (Å²) in [7, 11) is -1.65. The average molecular weight is 444 g/mol. The summed E-state index contributed by atoms with van der Waals surface area (Å²) < 4.78 is 1.52. The molecule has 0 N–H and O–H groups in total. The molecule has 0 amide bonds. The van der Waals surface area contributed by atoms with Gasteiger partial charge in [0.1, 0.15) is 0 Å². The Morgan fingerprint density at radius 3 is 1.92 bits per heavy atom. The number of rotatable bonds is 4. The number of hydrogen-bond acceptors (Lipinski definition) is 0. The van der Waals surface area contributed by atoms with E-state index in [0.29, 0.717) is 0 Å². The van der Waals surface area contributed by atoms with Crippen LogP contribution < -0.4 is 42.4 Å². The van der Waals surface area contributed by atoms with Gasteiger partial charge in [-0.05, 0) is 0 Å². The van der Waals surface area contributed by atoms with Crippen molar-refractivity contribution in [2.75, 3.05) is 0 Å². The Labute approximate surface area is 182 Å². The fourth-order valence-electron chi connectivity index (χ4n) is 3.36. The minimum atomic E-state index is -1.65. The maximum Gasteiger partial charge on any atom is -1.00 e. The zero-order valence-electron chi connectivity index (χ0n) is 14.4. The van der Waals surface area contributed by atoms with Crippen molar-refractivity contribution in [3.8, 4) is 0 Å². The maximum absolute atomic E-state index is 2.52. The summed E-state index contributed by atoms with van der Waals surface area (Å²) in [5.41, 5.74) is 2.90. The van der Waals surface area contributed by atoms with Crippen LogP contribution in [0.3, 0.4) is 0 Å². The molecule has 0 fully saturated rings. The predicted octanol–water partition coefficient (Wildman–Crippen LogP) is -4.17. The second-order valence-corrected chi connectivity index (χ2v) is 11.5. The van der Waals surface area contributed by atoms with Gasteiger partial charge in [0.25, 0.3) is 0 Å². The third-order valence-corrected chi connectivity index (χ3v) is 10.2. The number of allylic oxidation sites excluding steroid dienone is 4. The average Bonchev–Trinajstić information content (AvgIpc) is 2.98. The molecule has 1 aliphatic rings. The Morgan fingerprint density at radius 2 is 1.40 bits per heavy atom. The van der Waals surface area contributed by atoms with Crippen LogP contribution in [0.15, 0.2) is 75.8 Å². The van der Waals surface area contributed by atoms with E-state index in [1.54, 1.807) is 10.4 Å². The molecule has 1 atom stereocenters. The van der Waals surface area contributed by atoms with E-state index in [1.165, 1.54) is 21.1 Å². The molecular formula is C20H21Cl3SiTi. The molecule has 1 unspecified atom stereocenters. The van der Waals surface area contributed by atoms with Gasteiger partial charge in [0.05, 0.1) is 0 Å². The second-order valence-electron chi connectivity index (χ2n) is 6.09. The molecule has 0 radical (unpaired) electrons. The van der Waals surface area contributed by atoms with Gasteiger partial charge in [-0.25, -0.2) is 0 Å². The van der Waals surface area contributed by atoms with E-state index in [2.05, 4.69) is 101 Å². The fraction of sp³-hybridized carbons (Fsp3) is 0.200. The summed E-state index contributed by atoms with van der Waals surface area (Å²) in [6.07, 6.45) is 3.61. The Balaban J connectivity index is 0.00000192. The summed E-state index contributed by atoms with van der Waals surface area (Å²) in [6.45, 7) is 4.88. The minimum absolute atomic E-state index is 0. The van der Waals surface area contributed by atoms with Gasteiger partial charge in [0.2, 0.25) is 0 Å². The summed E-state index contributed by atoms with van der Waals surface area (Å²) in [4.78, 5) is 0. The van der Waals surface area contributed by atoms with Crippen molar-refractivity contribution in [3.05, 3.63) is 81.4 Å². The second kappa shape index (κ2) is 10.8. The van der Waals surface area contributed by atoms with Crippen LogP contribution in [0.2, 0.25) is 12.6 Å². The molecule has 130 valence electrons. The van der Waals surface area contributed by atoms with Gasteiger partial charge in [-0.1, -0.05) is 0 Å². The van der Waals surface area contributed by atoms with Crippen molar-refractivity contribution in [2.24, 2.45) is 0 Å². The van der Waals surface area contributed by atoms with E-state index >= 15 is 0 Å². The van der Waals surface area contributed by atoms with Crippen LogP contribution >= 0.6 is 0 Å². The first-order valence-electron chi connectivity index (χ1n) is 7.93. The molecule has 0 aliphatic heterocycles. The molecule has 1 aliphatic carbocycles. The Hall–Kier alpha value is -0.279. The van der Waals surface area contributed by atoms with Gasteiger partial charge in [-0.15, -0.1) is 0 Å². The van der Waals surface area contributed by atoms with Crippen LogP contribution in [0.4, 0.5) is 0 Å². The normalized spacial score (nSPS) is 15.3. The molecule has 0 heterocycles. The summed E-state index contributed by atoms with van der Waals surface area (Å²) in [5.74, 6) is 0. The van der Waals surface area contributed by atoms with Gasteiger partial charge in [0.15, 0.2) is 0 Å². The van der Waals surface area contributed by atoms with E-state index in [-0.39, 0.29) is 37.2 Å². The molecule has 0 spiro atoms. The zero-order chi connectivity index (χ0) is 15.6. The smallest absolute Gasteiger partial charge is 1.00 e. The monoisotopic (exact) mass is 442 g/mol. The van der Waals surface area contributed by atoms with Crippen molar-refractivity contribution in [1.82, 2.24) is 0 Å². The molecule has 0 nitrogen and oxygen atoms in total. The summed E-state index contributed by atoms with van der Waals surface area (Å²) in [6, 6.07) is 23.3. The molecule has 25 heavy (non-hydrogen) atoms. The molecule has 0 bridgehead atoms. The summed E-state index contributed by atoms with van der Waals surface area (Å²) >= 11 is 2.29. The van der Waals surface area contributed by atoms with Gasteiger partial charge < -0.3 is 37.2 Å². The largest absolute Gasteiger partial charge is 1.00 e. The minimum Gasteiger partial charge on any atom is -1.00 e. The van der Waals surface area contributed by atoms with Crippen molar-refractivity contribution < 1.29 is 57.7 Å². The van der Waals surface area contributed by atoms with Crippen molar-refractivity contribution in [1.29, 1.82) is 0 Å². The van der Waals surface area contributed by atoms with Crippen molar-refractivity contribution in [2.45, 2.75) is 25.9 Å². The van der Waals surface area contributed by atoms with E-state index in [1.807, 2.05) is 0 Å². The van der Waals surface area contributed by atoms with Gasteiger partial charge in [-0.3, -0.25) is 0 Å². The summed E-state index contributed by atoms with van der Waals surface area (Å²) in [5, 5.41) is 3.18. The molecule has 3 rings (SSSR count). The molecule has 0 saturated carbocycles. The quantitative estimate of drug-likeness (QED) is 0.421.